The zero-order valence-electron chi connectivity index (χ0n) is 18.6. The predicted octanol–water partition coefficient (Wildman–Crippen LogP) is 5.01. The van der Waals surface area contributed by atoms with Crippen molar-refractivity contribution in [1.29, 1.82) is 0 Å². The Kier molecular flexibility index (Phi) is 5.55. The van der Waals surface area contributed by atoms with E-state index in [-0.39, 0.29) is 28.8 Å². The minimum absolute atomic E-state index is 0.0236. The van der Waals surface area contributed by atoms with E-state index < -0.39 is 23.1 Å². The Balaban J connectivity index is 1.39. The minimum Gasteiger partial charge on any atom is -0.444 e. The van der Waals surface area contributed by atoms with Crippen LogP contribution in [0.2, 0.25) is 0 Å². The van der Waals surface area contributed by atoms with Gasteiger partial charge in [0.05, 0.1) is 5.69 Å². The van der Waals surface area contributed by atoms with Crippen molar-refractivity contribution < 1.29 is 22.7 Å². The van der Waals surface area contributed by atoms with Gasteiger partial charge in [0, 0.05) is 30.8 Å². The molecule has 0 radical (unpaired) electrons. The summed E-state index contributed by atoms with van der Waals surface area (Å²) < 4.78 is 46.4. The standard InChI is InChI=1S/C23H27F3N4O2/c1-22(2,3)32-21(31)30-11-13-7-15(10-23(13,4)12-30)27-19-6-5-18(28-29-19)16-8-14(24)9-17(25)20(16)26/h5-6,8-9,13,15H,7,10-12H2,1-4H3,(H,27,29)/t13-,15+,23+/m1/s1. The molecule has 2 fully saturated rings. The second-order valence-electron chi connectivity index (χ2n) is 10.0. The van der Waals surface area contributed by atoms with Crippen LogP contribution < -0.4 is 5.32 Å². The SMILES string of the molecule is CC(C)(C)OC(=O)N1C[C@H]2C[C@H](Nc3ccc(-c4cc(F)cc(F)c4F)nn3)C[C@@]2(C)C1. The number of hydrogen-bond acceptors (Lipinski definition) is 5. The van der Waals surface area contributed by atoms with E-state index in [1.165, 1.54) is 6.07 Å². The lowest BCUT2D eigenvalue weighted by molar-refractivity contribution is 0.0269. The molecule has 4 rings (SSSR count). The molecule has 1 aliphatic heterocycles. The first kappa shape index (κ1) is 22.4. The number of ether oxygens (including phenoxy) is 1. The number of carbonyl (C=O) groups is 1. The van der Waals surface area contributed by atoms with Gasteiger partial charge in [-0.3, -0.25) is 0 Å². The van der Waals surface area contributed by atoms with E-state index in [9.17, 15) is 18.0 Å². The molecule has 6 nitrogen and oxygen atoms in total. The molecule has 0 spiro atoms. The molecular formula is C23H27F3N4O2. The Hall–Kier alpha value is -2.84. The maximum absolute atomic E-state index is 14.0. The number of fused-ring (bicyclic) bond motifs is 1. The monoisotopic (exact) mass is 448 g/mol. The minimum atomic E-state index is -1.27. The molecule has 2 heterocycles. The normalized spacial score (nSPS) is 25.0. The molecule has 2 aromatic rings. The average molecular weight is 448 g/mol. The van der Waals surface area contributed by atoms with Crippen LogP contribution in [-0.4, -0.2) is 45.9 Å². The van der Waals surface area contributed by atoms with Crippen LogP contribution in [0.4, 0.5) is 23.8 Å². The van der Waals surface area contributed by atoms with Crippen molar-refractivity contribution >= 4 is 11.9 Å². The van der Waals surface area contributed by atoms with E-state index in [1.54, 1.807) is 11.0 Å². The Morgan fingerprint density at radius 1 is 1.22 bits per heavy atom. The molecule has 1 aliphatic carbocycles. The smallest absolute Gasteiger partial charge is 0.410 e. The molecule has 9 heteroatoms. The van der Waals surface area contributed by atoms with Crippen LogP contribution in [0.25, 0.3) is 11.3 Å². The molecule has 1 saturated carbocycles. The number of nitrogens with zero attached hydrogens (tertiary/aromatic N) is 3. The molecule has 1 aromatic carbocycles. The van der Waals surface area contributed by atoms with Crippen LogP contribution >= 0.6 is 0 Å². The predicted molar refractivity (Wildman–Crippen MR) is 113 cm³/mol. The van der Waals surface area contributed by atoms with E-state index in [0.29, 0.717) is 30.9 Å². The zero-order chi connectivity index (χ0) is 23.3. The fraction of sp³-hybridized carbons (Fsp3) is 0.522. The highest BCUT2D eigenvalue weighted by atomic mass is 19.2. The first-order valence-corrected chi connectivity index (χ1v) is 10.7. The van der Waals surface area contributed by atoms with Crippen molar-refractivity contribution in [2.75, 3.05) is 18.4 Å². The number of carbonyl (C=O) groups excluding carboxylic acids is 1. The summed E-state index contributed by atoms with van der Waals surface area (Å²) >= 11 is 0. The summed E-state index contributed by atoms with van der Waals surface area (Å²) in [6.07, 6.45) is 1.44. The molecular weight excluding hydrogens is 421 g/mol. The number of rotatable bonds is 3. The lowest BCUT2D eigenvalue weighted by Gasteiger charge is -2.27. The third kappa shape index (κ3) is 4.52. The second kappa shape index (κ2) is 7.94. The quantitative estimate of drug-likeness (QED) is 0.669. The van der Waals surface area contributed by atoms with Gasteiger partial charge in [0.2, 0.25) is 0 Å². The highest BCUT2D eigenvalue weighted by molar-refractivity contribution is 5.68. The van der Waals surface area contributed by atoms with Crippen LogP contribution in [0.5, 0.6) is 0 Å². The number of likely N-dealkylation sites (tertiary alicyclic amines) is 1. The van der Waals surface area contributed by atoms with Gasteiger partial charge in [0.25, 0.3) is 0 Å². The van der Waals surface area contributed by atoms with Gasteiger partial charge in [-0.15, -0.1) is 10.2 Å². The van der Waals surface area contributed by atoms with Gasteiger partial charge in [0.1, 0.15) is 17.2 Å². The summed E-state index contributed by atoms with van der Waals surface area (Å²) in [6.45, 7) is 9.04. The Morgan fingerprint density at radius 2 is 1.97 bits per heavy atom. The van der Waals surface area contributed by atoms with E-state index in [4.69, 9.17) is 4.74 Å². The Labute approximate surface area is 185 Å². The fourth-order valence-electron chi connectivity index (χ4n) is 4.78. The molecule has 1 amide bonds. The van der Waals surface area contributed by atoms with Crippen LogP contribution in [0.15, 0.2) is 24.3 Å². The highest BCUT2D eigenvalue weighted by Gasteiger charge is 2.51. The molecule has 3 atom stereocenters. The second-order valence-corrected chi connectivity index (χ2v) is 10.0. The number of amides is 1. The molecule has 1 aromatic heterocycles. The lowest BCUT2D eigenvalue weighted by atomic mass is 9.83. The highest BCUT2D eigenvalue weighted by Crippen LogP contribution is 2.49. The molecule has 0 bridgehead atoms. The van der Waals surface area contributed by atoms with E-state index in [2.05, 4.69) is 22.4 Å². The van der Waals surface area contributed by atoms with Crippen molar-refractivity contribution in [1.82, 2.24) is 15.1 Å². The largest absolute Gasteiger partial charge is 0.444 e. The topological polar surface area (TPSA) is 67.3 Å². The lowest BCUT2D eigenvalue weighted by Crippen LogP contribution is -2.37. The third-order valence-electron chi connectivity index (χ3n) is 6.20. The summed E-state index contributed by atoms with van der Waals surface area (Å²) in [5.41, 5.74) is -0.768. The molecule has 172 valence electrons. The fourth-order valence-corrected chi connectivity index (χ4v) is 4.78. The van der Waals surface area contributed by atoms with Gasteiger partial charge < -0.3 is 15.0 Å². The van der Waals surface area contributed by atoms with E-state index in [1.807, 2.05) is 20.8 Å². The van der Waals surface area contributed by atoms with Crippen molar-refractivity contribution in [3.63, 3.8) is 0 Å². The van der Waals surface area contributed by atoms with Gasteiger partial charge >= 0.3 is 6.09 Å². The molecule has 1 saturated heterocycles. The number of nitrogens with one attached hydrogen (secondary N) is 1. The number of halogens is 3. The first-order valence-electron chi connectivity index (χ1n) is 10.7. The zero-order valence-corrected chi connectivity index (χ0v) is 18.6. The summed E-state index contributed by atoms with van der Waals surface area (Å²) in [5, 5.41) is 11.3. The number of aromatic nitrogens is 2. The summed E-state index contributed by atoms with van der Waals surface area (Å²) in [5.74, 6) is -2.47. The van der Waals surface area contributed by atoms with E-state index >= 15 is 0 Å². The number of benzene rings is 1. The Morgan fingerprint density at radius 3 is 2.59 bits per heavy atom. The van der Waals surface area contributed by atoms with Gasteiger partial charge in [0.15, 0.2) is 11.6 Å². The molecule has 0 unspecified atom stereocenters. The number of hydrogen-bond donors (Lipinski definition) is 1. The van der Waals surface area contributed by atoms with Crippen LogP contribution in [-0.2, 0) is 4.74 Å². The summed E-state index contributed by atoms with van der Waals surface area (Å²) in [4.78, 5) is 14.2. The number of anilines is 1. The molecule has 32 heavy (non-hydrogen) atoms. The Bertz CT molecular complexity index is 1030. The van der Waals surface area contributed by atoms with Crippen LogP contribution in [0.3, 0.4) is 0 Å². The van der Waals surface area contributed by atoms with Crippen molar-refractivity contribution in [2.24, 2.45) is 11.3 Å². The van der Waals surface area contributed by atoms with Crippen molar-refractivity contribution in [2.45, 2.75) is 52.2 Å². The molecule has 1 N–H and O–H groups in total. The average Bonchev–Trinajstić information content (AvgIpc) is 3.15. The van der Waals surface area contributed by atoms with E-state index in [0.717, 1.165) is 18.9 Å². The summed E-state index contributed by atoms with van der Waals surface area (Å²) in [7, 11) is 0. The molecule has 2 aliphatic rings. The maximum atomic E-state index is 14.0. The first-order chi connectivity index (χ1) is 14.9. The third-order valence-corrected chi connectivity index (χ3v) is 6.20. The van der Waals surface area contributed by atoms with Crippen LogP contribution in [0.1, 0.15) is 40.5 Å². The van der Waals surface area contributed by atoms with Crippen molar-refractivity contribution in [3.8, 4) is 11.3 Å². The van der Waals surface area contributed by atoms with Crippen molar-refractivity contribution in [3.05, 3.63) is 41.7 Å². The van der Waals surface area contributed by atoms with Gasteiger partial charge in [-0.05, 0) is 63.1 Å². The van der Waals surface area contributed by atoms with Crippen LogP contribution in [0, 0.1) is 28.8 Å². The summed E-state index contributed by atoms with van der Waals surface area (Å²) in [6, 6.07) is 4.63. The van der Waals surface area contributed by atoms with Gasteiger partial charge in [-0.25, -0.2) is 18.0 Å². The van der Waals surface area contributed by atoms with Gasteiger partial charge in [-0.2, -0.15) is 0 Å². The maximum Gasteiger partial charge on any atom is 0.410 e. The van der Waals surface area contributed by atoms with Gasteiger partial charge in [-0.1, -0.05) is 6.92 Å².